The number of hydrogen-bond donors (Lipinski definition) is 3. The Labute approximate surface area is 126 Å². The van der Waals surface area contributed by atoms with E-state index in [2.05, 4.69) is 21.2 Å². The van der Waals surface area contributed by atoms with Gasteiger partial charge in [-0.05, 0) is 23.8 Å². The number of nitrogens with zero attached hydrogens (tertiary/aromatic N) is 2. The van der Waals surface area contributed by atoms with Crippen LogP contribution in [0.5, 0.6) is 0 Å². The maximum absolute atomic E-state index is 10.8. The van der Waals surface area contributed by atoms with Crippen molar-refractivity contribution in [1.82, 2.24) is 15.7 Å². The zero-order valence-corrected chi connectivity index (χ0v) is 11.8. The Morgan fingerprint density at radius 1 is 1.24 bits per heavy atom. The van der Waals surface area contributed by atoms with Crippen molar-refractivity contribution in [2.45, 2.75) is 6.54 Å². The summed E-state index contributed by atoms with van der Waals surface area (Å²) in [7, 11) is 0. The van der Waals surface area contributed by atoms with Gasteiger partial charge in [0.2, 0.25) is 5.82 Å². The average Bonchev–Trinajstić information content (AvgIpc) is 2.52. The van der Waals surface area contributed by atoms with E-state index in [-0.39, 0.29) is 11.5 Å². The highest BCUT2D eigenvalue weighted by molar-refractivity contribution is 7.80. The fourth-order valence-electron chi connectivity index (χ4n) is 1.58. The van der Waals surface area contributed by atoms with Crippen LogP contribution < -0.4 is 16.2 Å². The van der Waals surface area contributed by atoms with Gasteiger partial charge in [-0.25, -0.2) is 4.98 Å². The topological polar surface area (TPSA) is 92.1 Å². The standard InChI is InChI=1S/C13H13N5O2S/c19-18(20)11-7-4-8-14-12(11)16-17-13(21)15-9-10-5-2-1-3-6-10/h1-8H,9H2,(H,14,16)(H2,15,17,21). The quantitative estimate of drug-likeness (QED) is 0.442. The molecule has 7 nitrogen and oxygen atoms in total. The van der Waals surface area contributed by atoms with Crippen LogP contribution in [0.3, 0.4) is 0 Å². The molecule has 1 aromatic heterocycles. The van der Waals surface area contributed by atoms with Crippen molar-refractivity contribution in [3.8, 4) is 0 Å². The predicted molar refractivity (Wildman–Crippen MR) is 83.5 cm³/mol. The Kier molecular flexibility index (Phi) is 4.99. The SMILES string of the molecule is O=[N+]([O-])c1cccnc1NNC(=S)NCc1ccccc1. The van der Waals surface area contributed by atoms with E-state index in [0.29, 0.717) is 11.7 Å². The second kappa shape index (κ2) is 7.15. The van der Waals surface area contributed by atoms with Crippen molar-refractivity contribution >= 4 is 28.8 Å². The molecule has 21 heavy (non-hydrogen) atoms. The van der Waals surface area contributed by atoms with Crippen LogP contribution in [0.1, 0.15) is 5.56 Å². The molecule has 1 aromatic carbocycles. The molecule has 0 saturated carbocycles. The molecule has 0 aliphatic rings. The van der Waals surface area contributed by atoms with Crippen LogP contribution in [0.25, 0.3) is 0 Å². The maximum Gasteiger partial charge on any atom is 0.313 e. The summed E-state index contributed by atoms with van der Waals surface area (Å²) in [5, 5.41) is 14.1. The van der Waals surface area contributed by atoms with Crippen molar-refractivity contribution in [3.63, 3.8) is 0 Å². The van der Waals surface area contributed by atoms with Gasteiger partial charge < -0.3 is 5.32 Å². The first-order valence-corrected chi connectivity index (χ1v) is 6.51. The zero-order valence-electron chi connectivity index (χ0n) is 10.9. The van der Waals surface area contributed by atoms with Gasteiger partial charge in [0, 0.05) is 18.8 Å². The van der Waals surface area contributed by atoms with E-state index in [4.69, 9.17) is 12.2 Å². The van der Waals surface area contributed by atoms with Gasteiger partial charge in [0.15, 0.2) is 5.11 Å². The van der Waals surface area contributed by atoms with Crippen LogP contribution >= 0.6 is 12.2 Å². The predicted octanol–water partition coefficient (Wildman–Crippen LogP) is 1.98. The fourth-order valence-corrected chi connectivity index (χ4v) is 1.70. The number of rotatable bonds is 5. The van der Waals surface area contributed by atoms with Crippen molar-refractivity contribution in [2.75, 3.05) is 5.43 Å². The largest absolute Gasteiger partial charge is 0.357 e. The van der Waals surface area contributed by atoms with Gasteiger partial charge >= 0.3 is 5.69 Å². The summed E-state index contributed by atoms with van der Waals surface area (Å²) in [6, 6.07) is 12.6. The molecule has 0 spiro atoms. The van der Waals surface area contributed by atoms with Gasteiger partial charge in [0.1, 0.15) is 0 Å². The van der Waals surface area contributed by atoms with Crippen molar-refractivity contribution in [1.29, 1.82) is 0 Å². The molecule has 0 aliphatic heterocycles. The van der Waals surface area contributed by atoms with E-state index in [1.54, 1.807) is 0 Å². The summed E-state index contributed by atoms with van der Waals surface area (Å²) in [4.78, 5) is 14.2. The van der Waals surface area contributed by atoms with E-state index >= 15 is 0 Å². The van der Waals surface area contributed by atoms with E-state index < -0.39 is 4.92 Å². The lowest BCUT2D eigenvalue weighted by atomic mass is 10.2. The Bertz CT molecular complexity index is 635. The highest BCUT2D eigenvalue weighted by Crippen LogP contribution is 2.18. The van der Waals surface area contributed by atoms with E-state index in [1.807, 2.05) is 30.3 Å². The Hall–Kier alpha value is -2.74. The van der Waals surface area contributed by atoms with Crippen LogP contribution in [0, 0.1) is 10.1 Å². The Balaban J connectivity index is 1.86. The highest BCUT2D eigenvalue weighted by Gasteiger charge is 2.13. The first-order chi connectivity index (χ1) is 10.2. The smallest absolute Gasteiger partial charge is 0.313 e. The molecule has 0 bridgehead atoms. The summed E-state index contributed by atoms with van der Waals surface area (Å²) < 4.78 is 0. The number of nitro groups is 1. The molecular weight excluding hydrogens is 290 g/mol. The molecule has 0 saturated heterocycles. The van der Waals surface area contributed by atoms with Gasteiger partial charge in [0.25, 0.3) is 0 Å². The molecule has 108 valence electrons. The first-order valence-electron chi connectivity index (χ1n) is 6.10. The molecule has 0 unspecified atom stereocenters. The zero-order chi connectivity index (χ0) is 15.1. The molecule has 2 aromatic rings. The van der Waals surface area contributed by atoms with Crippen LogP contribution in [0.4, 0.5) is 11.5 Å². The summed E-state index contributed by atoms with van der Waals surface area (Å²) in [5.41, 5.74) is 6.24. The minimum absolute atomic E-state index is 0.103. The van der Waals surface area contributed by atoms with Crippen LogP contribution in [0.15, 0.2) is 48.7 Å². The monoisotopic (exact) mass is 303 g/mol. The van der Waals surface area contributed by atoms with Crippen LogP contribution in [-0.4, -0.2) is 15.0 Å². The summed E-state index contributed by atoms with van der Waals surface area (Å²) in [6.07, 6.45) is 1.46. The number of benzene rings is 1. The number of nitrogens with one attached hydrogen (secondary N) is 3. The number of pyridine rings is 1. The fraction of sp³-hybridized carbons (Fsp3) is 0.0769. The van der Waals surface area contributed by atoms with E-state index in [1.165, 1.54) is 18.3 Å². The third kappa shape index (κ3) is 4.39. The number of anilines is 1. The third-order valence-corrected chi connectivity index (χ3v) is 2.82. The molecule has 0 radical (unpaired) electrons. The third-order valence-electron chi connectivity index (χ3n) is 2.57. The van der Waals surface area contributed by atoms with Gasteiger partial charge in [-0.3, -0.25) is 21.0 Å². The minimum Gasteiger partial charge on any atom is -0.357 e. The van der Waals surface area contributed by atoms with Gasteiger partial charge in [-0.15, -0.1) is 0 Å². The lowest BCUT2D eigenvalue weighted by Gasteiger charge is -2.11. The lowest BCUT2D eigenvalue weighted by molar-refractivity contribution is -0.384. The molecule has 0 fully saturated rings. The summed E-state index contributed by atoms with van der Waals surface area (Å²) in [5.74, 6) is 0.103. The number of thiocarbonyl (C=S) groups is 1. The minimum atomic E-state index is -0.516. The van der Waals surface area contributed by atoms with Crippen molar-refractivity contribution in [2.24, 2.45) is 0 Å². The van der Waals surface area contributed by atoms with Gasteiger partial charge in [-0.1, -0.05) is 30.3 Å². The highest BCUT2D eigenvalue weighted by atomic mass is 32.1. The van der Waals surface area contributed by atoms with Crippen molar-refractivity contribution < 1.29 is 4.92 Å². The average molecular weight is 303 g/mol. The number of hydrazine groups is 1. The molecule has 8 heteroatoms. The Morgan fingerprint density at radius 3 is 2.71 bits per heavy atom. The number of aromatic nitrogens is 1. The second-order valence-electron chi connectivity index (χ2n) is 4.05. The second-order valence-corrected chi connectivity index (χ2v) is 4.45. The number of hydrogen-bond acceptors (Lipinski definition) is 5. The van der Waals surface area contributed by atoms with E-state index in [0.717, 1.165) is 5.56 Å². The van der Waals surface area contributed by atoms with Crippen molar-refractivity contribution in [3.05, 3.63) is 64.3 Å². The summed E-state index contributed by atoms with van der Waals surface area (Å²) >= 11 is 5.08. The lowest BCUT2D eigenvalue weighted by Crippen LogP contribution is -2.38. The molecule has 1 heterocycles. The molecule has 0 amide bonds. The van der Waals surface area contributed by atoms with Crippen LogP contribution in [-0.2, 0) is 6.54 Å². The molecule has 0 atom stereocenters. The van der Waals surface area contributed by atoms with Gasteiger partial charge in [0.05, 0.1) is 4.92 Å². The van der Waals surface area contributed by atoms with Crippen LogP contribution in [0.2, 0.25) is 0 Å². The molecule has 2 rings (SSSR count). The first kappa shape index (κ1) is 14.7. The molecular formula is C13H13N5O2S. The molecule has 0 aliphatic carbocycles. The normalized spacial score (nSPS) is 9.71. The molecule has 3 N–H and O–H groups in total. The Morgan fingerprint density at radius 2 is 2.00 bits per heavy atom. The van der Waals surface area contributed by atoms with Gasteiger partial charge in [-0.2, -0.15) is 0 Å². The summed E-state index contributed by atoms with van der Waals surface area (Å²) in [6.45, 7) is 0.554. The van der Waals surface area contributed by atoms with E-state index in [9.17, 15) is 10.1 Å². The maximum atomic E-state index is 10.8.